The van der Waals surface area contributed by atoms with Crippen molar-refractivity contribution in [2.24, 2.45) is 5.92 Å². The Morgan fingerprint density at radius 1 is 1.30 bits per heavy atom. The molecular weight excluding hydrogens is 250 g/mol. The van der Waals surface area contributed by atoms with E-state index in [-0.39, 0.29) is 0 Å². The van der Waals surface area contributed by atoms with E-state index in [4.69, 9.17) is 4.74 Å². The number of hydrogen-bond acceptors (Lipinski definition) is 3. The van der Waals surface area contributed by atoms with Gasteiger partial charge in [0.15, 0.2) is 0 Å². The Morgan fingerprint density at radius 2 is 2.10 bits per heavy atom. The average Bonchev–Trinajstić information content (AvgIpc) is 3.08. The largest absolute Gasteiger partial charge is 0.508 e. The lowest BCUT2D eigenvalue weighted by molar-refractivity contribution is 0.0857. The van der Waals surface area contributed by atoms with E-state index in [2.05, 4.69) is 12.2 Å². The van der Waals surface area contributed by atoms with Gasteiger partial charge in [-0.05, 0) is 56.3 Å². The number of fused-ring (bicyclic) bond motifs is 2. The number of rotatable bonds is 6. The van der Waals surface area contributed by atoms with Crippen LogP contribution in [0.15, 0.2) is 24.3 Å². The van der Waals surface area contributed by atoms with Crippen molar-refractivity contribution >= 4 is 0 Å². The van der Waals surface area contributed by atoms with Gasteiger partial charge in [-0.1, -0.05) is 19.1 Å². The maximum atomic E-state index is 9.39. The Kier molecular flexibility index (Phi) is 4.27. The van der Waals surface area contributed by atoms with Gasteiger partial charge in [-0.15, -0.1) is 0 Å². The van der Waals surface area contributed by atoms with Gasteiger partial charge in [0.05, 0.1) is 12.2 Å². The summed E-state index contributed by atoms with van der Waals surface area (Å²) in [4.78, 5) is 0. The van der Waals surface area contributed by atoms with Crippen molar-refractivity contribution in [2.45, 2.75) is 57.3 Å². The summed E-state index contributed by atoms with van der Waals surface area (Å²) in [5.74, 6) is 0.990. The summed E-state index contributed by atoms with van der Waals surface area (Å²) < 4.78 is 6.02. The lowest BCUT2D eigenvalue weighted by Gasteiger charge is -2.29. The molecule has 2 bridgehead atoms. The number of phenols is 1. The van der Waals surface area contributed by atoms with Crippen LogP contribution in [-0.4, -0.2) is 29.9 Å². The third kappa shape index (κ3) is 2.99. The van der Waals surface area contributed by atoms with Gasteiger partial charge in [0.2, 0.25) is 0 Å². The molecule has 2 N–H and O–H groups in total. The first-order valence-electron chi connectivity index (χ1n) is 7.93. The number of phenolic OH excluding ortho intramolecular Hbond substituents is 1. The molecular formula is C17H25NO2. The number of ether oxygens (including phenoxy) is 1. The number of hydrogen-bond donors (Lipinski definition) is 2. The van der Waals surface area contributed by atoms with Crippen molar-refractivity contribution < 1.29 is 9.84 Å². The third-order valence-electron chi connectivity index (χ3n) is 4.72. The molecule has 1 aromatic rings. The SMILES string of the molecule is CCCNC(Cc1ccc(O)cc1)C1CC2CCC1O2. The van der Waals surface area contributed by atoms with Crippen LogP contribution in [0.1, 0.15) is 38.2 Å². The van der Waals surface area contributed by atoms with Crippen LogP contribution in [-0.2, 0) is 11.2 Å². The molecule has 0 spiro atoms. The third-order valence-corrected chi connectivity index (χ3v) is 4.72. The molecule has 2 aliphatic heterocycles. The molecule has 2 saturated heterocycles. The first-order chi connectivity index (χ1) is 9.76. The van der Waals surface area contributed by atoms with Gasteiger partial charge >= 0.3 is 0 Å². The van der Waals surface area contributed by atoms with Gasteiger partial charge in [-0.25, -0.2) is 0 Å². The molecule has 3 rings (SSSR count). The van der Waals surface area contributed by atoms with Gasteiger partial charge in [-0.2, -0.15) is 0 Å². The standard InChI is InChI=1S/C17H25NO2/c1-2-9-18-16(10-12-3-5-13(19)6-4-12)15-11-14-7-8-17(15)20-14/h3-6,14-19H,2,7-11H2,1H3. The normalized spacial score (nSPS) is 29.8. The predicted octanol–water partition coefficient (Wildman–Crippen LogP) is 2.87. The van der Waals surface area contributed by atoms with E-state index < -0.39 is 0 Å². The summed E-state index contributed by atoms with van der Waals surface area (Å²) in [5, 5.41) is 13.1. The first-order valence-corrected chi connectivity index (χ1v) is 7.93. The maximum Gasteiger partial charge on any atom is 0.115 e. The van der Waals surface area contributed by atoms with E-state index in [0.717, 1.165) is 19.4 Å². The fourth-order valence-corrected chi connectivity index (χ4v) is 3.69. The van der Waals surface area contributed by atoms with Crippen molar-refractivity contribution in [1.82, 2.24) is 5.32 Å². The summed E-state index contributed by atoms with van der Waals surface area (Å²) in [7, 11) is 0. The predicted molar refractivity (Wildman–Crippen MR) is 79.9 cm³/mol. The molecule has 1 aromatic carbocycles. The molecule has 3 nitrogen and oxygen atoms in total. The summed E-state index contributed by atoms with van der Waals surface area (Å²) in [6, 6.07) is 8.12. The molecule has 0 saturated carbocycles. The van der Waals surface area contributed by atoms with E-state index >= 15 is 0 Å². The van der Waals surface area contributed by atoms with Crippen LogP contribution in [0.2, 0.25) is 0 Å². The molecule has 2 aliphatic rings. The van der Waals surface area contributed by atoms with Gasteiger partial charge in [0, 0.05) is 12.0 Å². The Bertz CT molecular complexity index is 431. The van der Waals surface area contributed by atoms with Crippen LogP contribution in [0.5, 0.6) is 5.75 Å². The zero-order valence-corrected chi connectivity index (χ0v) is 12.2. The number of nitrogens with one attached hydrogen (secondary N) is 1. The fraction of sp³-hybridized carbons (Fsp3) is 0.647. The van der Waals surface area contributed by atoms with Gasteiger partial charge in [0.1, 0.15) is 5.75 Å². The Balaban J connectivity index is 1.67. The molecule has 0 aliphatic carbocycles. The Hall–Kier alpha value is -1.06. The van der Waals surface area contributed by atoms with Crippen LogP contribution < -0.4 is 5.32 Å². The summed E-state index contributed by atoms with van der Waals surface area (Å²) in [5.41, 5.74) is 1.29. The second kappa shape index (κ2) is 6.15. The maximum absolute atomic E-state index is 9.39. The minimum absolute atomic E-state index is 0.343. The minimum Gasteiger partial charge on any atom is -0.508 e. The highest BCUT2D eigenvalue weighted by atomic mass is 16.5. The molecule has 0 aromatic heterocycles. The van der Waals surface area contributed by atoms with E-state index in [1.807, 2.05) is 12.1 Å². The van der Waals surface area contributed by atoms with Gasteiger partial charge in [0.25, 0.3) is 0 Å². The zero-order chi connectivity index (χ0) is 13.9. The van der Waals surface area contributed by atoms with Crippen molar-refractivity contribution in [1.29, 1.82) is 0 Å². The van der Waals surface area contributed by atoms with E-state index in [1.54, 1.807) is 12.1 Å². The molecule has 0 radical (unpaired) electrons. The number of benzene rings is 1. The molecule has 0 amide bonds. The zero-order valence-electron chi connectivity index (χ0n) is 12.2. The quantitative estimate of drug-likeness (QED) is 0.839. The molecule has 4 unspecified atom stereocenters. The summed E-state index contributed by atoms with van der Waals surface area (Å²) in [6.45, 7) is 3.28. The summed E-state index contributed by atoms with van der Waals surface area (Å²) in [6.07, 6.45) is 6.85. The molecule has 3 heteroatoms. The lowest BCUT2D eigenvalue weighted by atomic mass is 9.81. The second-order valence-electron chi connectivity index (χ2n) is 6.20. The average molecular weight is 275 g/mol. The fourth-order valence-electron chi connectivity index (χ4n) is 3.69. The highest BCUT2D eigenvalue weighted by Gasteiger charge is 2.43. The van der Waals surface area contributed by atoms with Crippen molar-refractivity contribution in [2.75, 3.05) is 6.54 Å². The minimum atomic E-state index is 0.343. The van der Waals surface area contributed by atoms with Crippen LogP contribution in [0.4, 0.5) is 0 Å². The highest BCUT2D eigenvalue weighted by molar-refractivity contribution is 5.26. The van der Waals surface area contributed by atoms with Crippen LogP contribution in [0, 0.1) is 5.92 Å². The van der Waals surface area contributed by atoms with E-state index in [9.17, 15) is 5.11 Å². The van der Waals surface area contributed by atoms with Crippen molar-refractivity contribution in [3.8, 4) is 5.75 Å². The van der Waals surface area contributed by atoms with Crippen molar-refractivity contribution in [3.05, 3.63) is 29.8 Å². The smallest absolute Gasteiger partial charge is 0.115 e. The monoisotopic (exact) mass is 275 g/mol. The van der Waals surface area contributed by atoms with Gasteiger partial charge in [-0.3, -0.25) is 0 Å². The van der Waals surface area contributed by atoms with Gasteiger partial charge < -0.3 is 15.2 Å². The highest BCUT2D eigenvalue weighted by Crippen LogP contribution is 2.41. The van der Waals surface area contributed by atoms with E-state index in [1.165, 1.54) is 24.8 Å². The molecule has 2 fully saturated rings. The lowest BCUT2D eigenvalue weighted by Crippen LogP contribution is -2.42. The van der Waals surface area contributed by atoms with Crippen LogP contribution in [0.3, 0.4) is 0 Å². The van der Waals surface area contributed by atoms with Crippen LogP contribution >= 0.6 is 0 Å². The topological polar surface area (TPSA) is 41.5 Å². The van der Waals surface area contributed by atoms with Crippen LogP contribution in [0.25, 0.3) is 0 Å². The Morgan fingerprint density at radius 3 is 2.70 bits per heavy atom. The first kappa shape index (κ1) is 13.9. The van der Waals surface area contributed by atoms with E-state index in [0.29, 0.717) is 29.9 Å². The second-order valence-corrected chi connectivity index (χ2v) is 6.20. The van der Waals surface area contributed by atoms with Crippen molar-refractivity contribution in [3.63, 3.8) is 0 Å². The molecule has 20 heavy (non-hydrogen) atoms. The number of aromatic hydroxyl groups is 1. The molecule has 2 heterocycles. The molecule has 110 valence electrons. The summed E-state index contributed by atoms with van der Waals surface area (Å²) >= 11 is 0. The Labute approximate surface area is 121 Å². The molecule has 4 atom stereocenters.